The molecule has 114 valence electrons. The maximum Gasteiger partial charge on any atom is 0.347 e. The number of hydrogen-bond donors (Lipinski definition) is 2. The molecule has 7 heteroatoms. The van der Waals surface area contributed by atoms with Gasteiger partial charge in [0.2, 0.25) is 0 Å². The highest BCUT2D eigenvalue weighted by Gasteiger charge is 2.35. The minimum atomic E-state index is -1.33. The zero-order chi connectivity index (χ0) is 16.6. The molecule has 0 bridgehead atoms. The van der Waals surface area contributed by atoms with E-state index < -0.39 is 23.8 Å². The minimum absolute atomic E-state index is 0.223. The number of benzene rings is 2. The van der Waals surface area contributed by atoms with Crippen molar-refractivity contribution in [3.8, 4) is 0 Å². The molecule has 0 aromatic heterocycles. The Hall–Kier alpha value is -3.48. The first-order valence-corrected chi connectivity index (χ1v) is 6.51. The molecule has 0 saturated heterocycles. The number of rotatable bonds is 3. The van der Waals surface area contributed by atoms with Gasteiger partial charge in [0.25, 0.3) is 5.91 Å². The van der Waals surface area contributed by atoms with Crippen LogP contribution in [0, 0.1) is 0 Å². The number of carboxylic acid groups (broad SMARTS) is 1. The van der Waals surface area contributed by atoms with Gasteiger partial charge in [0.05, 0.1) is 22.3 Å². The number of aromatic carboxylic acids is 1. The molecule has 2 aromatic rings. The summed E-state index contributed by atoms with van der Waals surface area (Å²) >= 11 is 0. The molecule has 0 atom stereocenters. The van der Waals surface area contributed by atoms with Crippen molar-refractivity contribution in [1.29, 1.82) is 0 Å². The van der Waals surface area contributed by atoms with E-state index in [-0.39, 0.29) is 22.3 Å². The van der Waals surface area contributed by atoms with Crippen molar-refractivity contribution in [2.75, 3.05) is 5.32 Å². The van der Waals surface area contributed by atoms with Crippen LogP contribution in [0.2, 0.25) is 0 Å². The van der Waals surface area contributed by atoms with Crippen LogP contribution in [0.3, 0.4) is 0 Å². The molecule has 23 heavy (non-hydrogen) atoms. The van der Waals surface area contributed by atoms with E-state index in [0.717, 1.165) is 12.1 Å². The van der Waals surface area contributed by atoms with E-state index in [4.69, 9.17) is 5.11 Å². The van der Waals surface area contributed by atoms with Crippen molar-refractivity contribution >= 4 is 29.5 Å². The second-order valence-electron chi connectivity index (χ2n) is 4.75. The van der Waals surface area contributed by atoms with Crippen molar-refractivity contribution in [2.24, 2.45) is 0 Å². The molecule has 1 heterocycles. The summed E-state index contributed by atoms with van der Waals surface area (Å²) in [6.45, 7) is 0. The zero-order valence-electron chi connectivity index (χ0n) is 11.5. The van der Waals surface area contributed by atoms with Gasteiger partial charge in [-0.15, -0.1) is 0 Å². The summed E-state index contributed by atoms with van der Waals surface area (Å²) in [5.41, 5.74) is -0.501. The lowest BCUT2D eigenvalue weighted by atomic mass is 9.98. The van der Waals surface area contributed by atoms with Crippen LogP contribution in [-0.4, -0.2) is 28.9 Å². The first kappa shape index (κ1) is 14.5. The Kier molecular flexibility index (Phi) is 3.38. The summed E-state index contributed by atoms with van der Waals surface area (Å²) in [5.74, 6) is -3.97. The van der Waals surface area contributed by atoms with E-state index in [0.29, 0.717) is 5.69 Å². The predicted octanol–water partition coefficient (Wildman–Crippen LogP) is 1.95. The quantitative estimate of drug-likeness (QED) is 0.662. The fourth-order valence-corrected chi connectivity index (χ4v) is 2.24. The van der Waals surface area contributed by atoms with Crippen LogP contribution in [0.15, 0.2) is 42.5 Å². The van der Waals surface area contributed by atoms with E-state index in [9.17, 15) is 19.2 Å². The fourth-order valence-electron chi connectivity index (χ4n) is 2.24. The highest BCUT2D eigenvalue weighted by molar-refractivity contribution is 6.22. The van der Waals surface area contributed by atoms with Gasteiger partial charge in [0, 0.05) is 5.69 Å². The Balaban J connectivity index is 2.09. The highest BCUT2D eigenvalue weighted by Crippen LogP contribution is 2.26. The standard InChI is InChI=1S/C16H9NO6/c18-13(17-9-4-2-1-3-5-9)10-6-8(14(19)20)7-11-12(10)16(22)23-15(11)21/h1-7H,(H,17,18)(H,19,20). The molecule has 3 rings (SSSR count). The second-order valence-corrected chi connectivity index (χ2v) is 4.75. The summed E-state index contributed by atoms with van der Waals surface area (Å²) in [6, 6.07) is 10.5. The van der Waals surface area contributed by atoms with Crippen LogP contribution < -0.4 is 5.32 Å². The number of anilines is 1. The maximum atomic E-state index is 12.4. The van der Waals surface area contributed by atoms with E-state index >= 15 is 0 Å². The van der Waals surface area contributed by atoms with Crippen molar-refractivity contribution in [2.45, 2.75) is 0 Å². The summed E-state index contributed by atoms with van der Waals surface area (Å²) < 4.78 is 4.46. The SMILES string of the molecule is O=C(O)c1cc(C(=O)Nc2ccccc2)c2c(c1)C(=O)OC2=O. The lowest BCUT2D eigenvalue weighted by molar-refractivity contribution is 0.0442. The first-order valence-electron chi connectivity index (χ1n) is 6.51. The summed E-state index contributed by atoms with van der Waals surface area (Å²) in [7, 11) is 0. The Morgan fingerprint density at radius 3 is 2.35 bits per heavy atom. The molecule has 1 amide bonds. The van der Waals surface area contributed by atoms with Crippen LogP contribution in [0.5, 0.6) is 0 Å². The third-order valence-electron chi connectivity index (χ3n) is 3.27. The van der Waals surface area contributed by atoms with Gasteiger partial charge in [-0.2, -0.15) is 0 Å². The number of cyclic esters (lactones) is 2. The van der Waals surface area contributed by atoms with Crippen molar-refractivity contribution in [1.82, 2.24) is 0 Å². The molecule has 2 aromatic carbocycles. The zero-order valence-corrected chi connectivity index (χ0v) is 11.5. The molecule has 0 unspecified atom stereocenters. The number of nitrogens with one attached hydrogen (secondary N) is 1. The van der Waals surface area contributed by atoms with Gasteiger partial charge in [-0.05, 0) is 24.3 Å². The molecule has 1 aliphatic rings. The summed E-state index contributed by atoms with van der Waals surface area (Å²) in [4.78, 5) is 46.9. The molecular formula is C16H9NO6. The largest absolute Gasteiger partial charge is 0.478 e. The van der Waals surface area contributed by atoms with Crippen LogP contribution >= 0.6 is 0 Å². The van der Waals surface area contributed by atoms with Crippen LogP contribution in [0.1, 0.15) is 41.4 Å². The highest BCUT2D eigenvalue weighted by atomic mass is 16.6. The number of carboxylic acids is 1. The molecule has 0 aliphatic carbocycles. The Bertz CT molecular complexity index is 856. The third kappa shape index (κ3) is 2.55. The van der Waals surface area contributed by atoms with Crippen LogP contribution in [0.25, 0.3) is 0 Å². The minimum Gasteiger partial charge on any atom is -0.478 e. The molecule has 0 fully saturated rings. The third-order valence-corrected chi connectivity index (χ3v) is 3.27. The summed E-state index contributed by atoms with van der Waals surface area (Å²) in [5, 5.41) is 11.6. The lowest BCUT2D eigenvalue weighted by Crippen LogP contribution is -2.17. The molecule has 1 aliphatic heterocycles. The van der Waals surface area contributed by atoms with Gasteiger partial charge < -0.3 is 15.2 Å². The van der Waals surface area contributed by atoms with Gasteiger partial charge >= 0.3 is 17.9 Å². The number of amides is 1. The molecule has 2 N–H and O–H groups in total. The first-order chi connectivity index (χ1) is 11.0. The predicted molar refractivity (Wildman–Crippen MR) is 77.5 cm³/mol. The summed E-state index contributed by atoms with van der Waals surface area (Å²) in [6.07, 6.45) is 0. The van der Waals surface area contributed by atoms with Crippen molar-refractivity contribution < 1.29 is 29.0 Å². The average molecular weight is 311 g/mol. The number of carbonyl (C=O) groups excluding carboxylic acids is 3. The van der Waals surface area contributed by atoms with Gasteiger partial charge in [0.1, 0.15) is 0 Å². The molecule has 0 spiro atoms. The van der Waals surface area contributed by atoms with Crippen molar-refractivity contribution in [3.05, 3.63) is 64.7 Å². The van der Waals surface area contributed by atoms with E-state index in [1.807, 2.05) is 0 Å². The van der Waals surface area contributed by atoms with Gasteiger partial charge in [-0.25, -0.2) is 14.4 Å². The number of ether oxygens (including phenoxy) is 1. The van der Waals surface area contributed by atoms with E-state index in [2.05, 4.69) is 10.1 Å². The van der Waals surface area contributed by atoms with E-state index in [1.165, 1.54) is 0 Å². The van der Waals surface area contributed by atoms with Crippen LogP contribution in [-0.2, 0) is 4.74 Å². The molecule has 7 nitrogen and oxygen atoms in total. The van der Waals surface area contributed by atoms with Crippen LogP contribution in [0.4, 0.5) is 5.69 Å². The average Bonchev–Trinajstić information content (AvgIpc) is 2.82. The van der Waals surface area contributed by atoms with Gasteiger partial charge in [-0.1, -0.05) is 18.2 Å². The maximum absolute atomic E-state index is 12.4. The fraction of sp³-hybridized carbons (Fsp3) is 0. The number of hydrogen-bond acceptors (Lipinski definition) is 5. The smallest absolute Gasteiger partial charge is 0.347 e. The number of esters is 2. The Morgan fingerprint density at radius 1 is 1.00 bits per heavy atom. The molecule has 0 radical (unpaired) electrons. The Labute approximate surface area is 129 Å². The topological polar surface area (TPSA) is 110 Å². The second kappa shape index (κ2) is 5.38. The number of para-hydroxylation sites is 1. The monoisotopic (exact) mass is 311 g/mol. The lowest BCUT2D eigenvalue weighted by Gasteiger charge is -2.08. The Morgan fingerprint density at radius 2 is 1.70 bits per heavy atom. The normalized spacial score (nSPS) is 12.5. The van der Waals surface area contributed by atoms with Gasteiger partial charge in [-0.3, -0.25) is 4.79 Å². The number of fused-ring (bicyclic) bond motifs is 1. The number of carbonyl (C=O) groups is 4. The van der Waals surface area contributed by atoms with Crippen molar-refractivity contribution in [3.63, 3.8) is 0 Å². The van der Waals surface area contributed by atoms with E-state index in [1.54, 1.807) is 30.3 Å². The molecule has 0 saturated carbocycles. The molecular weight excluding hydrogens is 302 g/mol. The van der Waals surface area contributed by atoms with Gasteiger partial charge in [0.15, 0.2) is 0 Å².